The minimum Gasteiger partial charge on any atom is -0.313 e. The van der Waals surface area contributed by atoms with Gasteiger partial charge in [0.2, 0.25) is 0 Å². The van der Waals surface area contributed by atoms with Crippen LogP contribution < -0.4 is 5.32 Å². The number of piperidine rings is 1. The van der Waals surface area contributed by atoms with E-state index in [1.54, 1.807) is 0 Å². The van der Waals surface area contributed by atoms with Gasteiger partial charge in [-0.1, -0.05) is 25.1 Å². The van der Waals surface area contributed by atoms with Gasteiger partial charge < -0.3 is 10.2 Å². The highest BCUT2D eigenvalue weighted by Gasteiger charge is 2.22. The van der Waals surface area contributed by atoms with Crippen LogP contribution in [0.1, 0.15) is 26.7 Å². The van der Waals surface area contributed by atoms with Crippen molar-refractivity contribution in [1.82, 2.24) is 10.2 Å². The topological polar surface area (TPSA) is 15.3 Å². The first-order chi connectivity index (χ1) is 9.79. The molecule has 0 bridgehead atoms. The number of nitrogens with one attached hydrogen (secondary N) is 1. The van der Waals surface area contributed by atoms with Crippen molar-refractivity contribution < 1.29 is 0 Å². The van der Waals surface area contributed by atoms with Crippen LogP contribution in [0.25, 0.3) is 0 Å². The maximum Gasteiger partial charge on any atom is 0.0106 e. The Morgan fingerprint density at radius 3 is 2.60 bits per heavy atom. The van der Waals surface area contributed by atoms with Gasteiger partial charge in [0.15, 0.2) is 0 Å². The molecular formula is C17H28N2S. The van der Waals surface area contributed by atoms with Crippen LogP contribution in [0, 0.1) is 5.92 Å². The standard InChI is InChI=1S/C17H28N2S/c1-3-19-12-9-16(10-13-19)15(2)18-11-14-20-17-7-5-4-6-8-17/h4-8,15-16,18H,3,9-14H2,1-2H3. The number of hydrogen-bond donors (Lipinski definition) is 1. The summed E-state index contributed by atoms with van der Waals surface area (Å²) in [6.45, 7) is 9.51. The minimum absolute atomic E-state index is 0.658. The van der Waals surface area contributed by atoms with E-state index in [0.717, 1.165) is 18.2 Å². The summed E-state index contributed by atoms with van der Waals surface area (Å²) in [5, 5.41) is 3.72. The monoisotopic (exact) mass is 292 g/mol. The Kier molecular flexibility index (Phi) is 6.91. The van der Waals surface area contributed by atoms with E-state index in [0.29, 0.717) is 6.04 Å². The lowest BCUT2D eigenvalue weighted by Crippen LogP contribution is -2.42. The molecule has 1 aliphatic rings. The largest absolute Gasteiger partial charge is 0.313 e. The molecule has 0 aromatic heterocycles. The maximum absolute atomic E-state index is 3.72. The van der Waals surface area contributed by atoms with Crippen LogP contribution in [0.2, 0.25) is 0 Å². The first-order valence-corrected chi connectivity index (χ1v) is 8.91. The van der Waals surface area contributed by atoms with Crippen LogP contribution in [0.15, 0.2) is 35.2 Å². The lowest BCUT2D eigenvalue weighted by molar-refractivity contribution is 0.170. The van der Waals surface area contributed by atoms with Crippen LogP contribution in [-0.2, 0) is 0 Å². The highest BCUT2D eigenvalue weighted by molar-refractivity contribution is 7.99. The predicted octanol–water partition coefficient (Wildman–Crippen LogP) is 3.49. The van der Waals surface area contributed by atoms with E-state index < -0.39 is 0 Å². The summed E-state index contributed by atoms with van der Waals surface area (Å²) >= 11 is 1.94. The second kappa shape index (κ2) is 8.71. The fourth-order valence-electron chi connectivity index (χ4n) is 2.91. The van der Waals surface area contributed by atoms with Gasteiger partial charge in [-0.05, 0) is 57.5 Å². The smallest absolute Gasteiger partial charge is 0.0106 e. The van der Waals surface area contributed by atoms with Crippen LogP contribution in [0.4, 0.5) is 0 Å². The van der Waals surface area contributed by atoms with E-state index in [9.17, 15) is 0 Å². The third kappa shape index (κ3) is 5.12. The number of benzene rings is 1. The Labute approximate surface area is 128 Å². The molecule has 0 spiro atoms. The van der Waals surface area contributed by atoms with Crippen molar-refractivity contribution in [2.75, 3.05) is 31.9 Å². The average molecular weight is 292 g/mol. The SMILES string of the molecule is CCN1CCC(C(C)NCCSc2ccccc2)CC1. The Morgan fingerprint density at radius 2 is 1.95 bits per heavy atom. The average Bonchev–Trinajstić information content (AvgIpc) is 2.52. The first-order valence-electron chi connectivity index (χ1n) is 7.93. The van der Waals surface area contributed by atoms with Gasteiger partial charge in [-0.3, -0.25) is 0 Å². The number of rotatable bonds is 7. The molecule has 0 amide bonds. The molecule has 1 heterocycles. The molecule has 2 rings (SSSR count). The molecule has 1 atom stereocenters. The maximum atomic E-state index is 3.72. The molecule has 1 N–H and O–H groups in total. The van der Waals surface area contributed by atoms with Crippen molar-refractivity contribution in [2.45, 2.75) is 37.6 Å². The van der Waals surface area contributed by atoms with Crippen molar-refractivity contribution in [3.63, 3.8) is 0 Å². The normalized spacial score (nSPS) is 19.1. The quantitative estimate of drug-likeness (QED) is 0.612. The molecule has 0 radical (unpaired) electrons. The van der Waals surface area contributed by atoms with E-state index in [1.807, 2.05) is 11.8 Å². The molecule has 1 unspecified atom stereocenters. The van der Waals surface area contributed by atoms with E-state index in [4.69, 9.17) is 0 Å². The van der Waals surface area contributed by atoms with Crippen LogP contribution in [-0.4, -0.2) is 42.9 Å². The molecule has 2 nitrogen and oxygen atoms in total. The Bertz CT molecular complexity index is 361. The Morgan fingerprint density at radius 1 is 1.25 bits per heavy atom. The van der Waals surface area contributed by atoms with E-state index in [1.165, 1.54) is 37.4 Å². The van der Waals surface area contributed by atoms with Gasteiger partial charge in [-0.25, -0.2) is 0 Å². The molecule has 1 aromatic rings. The highest BCUT2D eigenvalue weighted by atomic mass is 32.2. The van der Waals surface area contributed by atoms with Gasteiger partial charge >= 0.3 is 0 Å². The summed E-state index contributed by atoms with van der Waals surface area (Å²) in [4.78, 5) is 3.94. The summed E-state index contributed by atoms with van der Waals surface area (Å²) < 4.78 is 0. The molecule has 20 heavy (non-hydrogen) atoms. The molecule has 0 saturated carbocycles. The highest BCUT2D eigenvalue weighted by Crippen LogP contribution is 2.21. The summed E-state index contributed by atoms with van der Waals surface area (Å²) in [5.41, 5.74) is 0. The number of nitrogens with zero attached hydrogens (tertiary/aromatic N) is 1. The van der Waals surface area contributed by atoms with Crippen molar-refractivity contribution in [1.29, 1.82) is 0 Å². The van der Waals surface area contributed by atoms with Crippen molar-refractivity contribution in [3.05, 3.63) is 30.3 Å². The van der Waals surface area contributed by atoms with E-state index in [2.05, 4.69) is 54.4 Å². The molecular weight excluding hydrogens is 264 g/mol. The van der Waals surface area contributed by atoms with Gasteiger partial charge in [0.05, 0.1) is 0 Å². The lowest BCUT2D eigenvalue weighted by atomic mass is 9.90. The van der Waals surface area contributed by atoms with Gasteiger partial charge in [-0.15, -0.1) is 11.8 Å². The van der Waals surface area contributed by atoms with E-state index >= 15 is 0 Å². The zero-order valence-electron chi connectivity index (χ0n) is 12.8. The Hall–Kier alpha value is -0.510. The number of likely N-dealkylation sites (tertiary alicyclic amines) is 1. The van der Waals surface area contributed by atoms with E-state index in [-0.39, 0.29) is 0 Å². The first kappa shape index (κ1) is 15.9. The van der Waals surface area contributed by atoms with Crippen molar-refractivity contribution in [2.24, 2.45) is 5.92 Å². The van der Waals surface area contributed by atoms with Crippen LogP contribution in [0.3, 0.4) is 0 Å². The van der Waals surface area contributed by atoms with Crippen LogP contribution >= 0.6 is 11.8 Å². The fraction of sp³-hybridized carbons (Fsp3) is 0.647. The zero-order chi connectivity index (χ0) is 14.2. The van der Waals surface area contributed by atoms with Gasteiger partial charge in [-0.2, -0.15) is 0 Å². The second-order valence-electron chi connectivity index (χ2n) is 5.68. The second-order valence-corrected chi connectivity index (χ2v) is 6.84. The molecule has 3 heteroatoms. The zero-order valence-corrected chi connectivity index (χ0v) is 13.7. The molecule has 1 aliphatic heterocycles. The van der Waals surface area contributed by atoms with Gasteiger partial charge in [0, 0.05) is 23.2 Å². The third-order valence-electron chi connectivity index (χ3n) is 4.37. The predicted molar refractivity (Wildman–Crippen MR) is 89.5 cm³/mol. The number of thioether (sulfide) groups is 1. The fourth-order valence-corrected chi connectivity index (χ4v) is 3.71. The summed E-state index contributed by atoms with van der Waals surface area (Å²) in [6.07, 6.45) is 2.71. The lowest BCUT2D eigenvalue weighted by Gasteiger charge is -2.34. The molecule has 0 aliphatic carbocycles. The molecule has 1 aromatic carbocycles. The minimum atomic E-state index is 0.658. The molecule has 112 valence electrons. The van der Waals surface area contributed by atoms with Crippen molar-refractivity contribution >= 4 is 11.8 Å². The summed E-state index contributed by atoms with van der Waals surface area (Å²) in [6, 6.07) is 11.3. The van der Waals surface area contributed by atoms with Gasteiger partial charge in [0.1, 0.15) is 0 Å². The van der Waals surface area contributed by atoms with Crippen molar-refractivity contribution in [3.8, 4) is 0 Å². The van der Waals surface area contributed by atoms with Crippen LogP contribution in [0.5, 0.6) is 0 Å². The third-order valence-corrected chi connectivity index (χ3v) is 5.38. The summed E-state index contributed by atoms with van der Waals surface area (Å²) in [5.74, 6) is 2.02. The summed E-state index contributed by atoms with van der Waals surface area (Å²) in [7, 11) is 0. The van der Waals surface area contributed by atoms with Gasteiger partial charge in [0.25, 0.3) is 0 Å². The molecule has 1 saturated heterocycles. The molecule has 1 fully saturated rings. The number of hydrogen-bond acceptors (Lipinski definition) is 3. The Balaban J connectivity index is 1.59.